The molecule has 0 aromatic heterocycles. The van der Waals surface area contributed by atoms with E-state index in [-0.39, 0.29) is 6.61 Å². The monoisotopic (exact) mass is 377 g/mol. The molecule has 1 unspecified atom stereocenters. The van der Waals surface area contributed by atoms with Gasteiger partial charge in [-0.05, 0) is 46.3 Å². The SMILES string of the molecule is OCC(Nc1ccc(Cl)c(Br)c1)c1ccc(Cl)cc1F. The van der Waals surface area contributed by atoms with Crippen molar-refractivity contribution in [2.75, 3.05) is 11.9 Å². The first-order valence-electron chi connectivity index (χ1n) is 5.78. The lowest BCUT2D eigenvalue weighted by Crippen LogP contribution is -2.16. The predicted octanol–water partition coefficient (Wildman–Crippen LogP) is 5.04. The molecule has 0 aliphatic rings. The fourth-order valence-corrected chi connectivity index (χ4v) is 2.45. The highest BCUT2D eigenvalue weighted by Gasteiger charge is 2.15. The lowest BCUT2D eigenvalue weighted by molar-refractivity contribution is 0.274. The van der Waals surface area contributed by atoms with Crippen molar-refractivity contribution in [2.24, 2.45) is 0 Å². The topological polar surface area (TPSA) is 32.3 Å². The van der Waals surface area contributed by atoms with E-state index in [1.807, 2.05) is 0 Å². The molecular weight excluding hydrogens is 368 g/mol. The summed E-state index contributed by atoms with van der Waals surface area (Å²) in [6, 6.07) is 9.01. The summed E-state index contributed by atoms with van der Waals surface area (Å²) in [5.41, 5.74) is 1.07. The summed E-state index contributed by atoms with van der Waals surface area (Å²) >= 11 is 14.9. The van der Waals surface area contributed by atoms with Crippen LogP contribution in [0, 0.1) is 5.82 Å². The van der Waals surface area contributed by atoms with Crippen molar-refractivity contribution in [2.45, 2.75) is 6.04 Å². The highest BCUT2D eigenvalue weighted by Crippen LogP contribution is 2.29. The summed E-state index contributed by atoms with van der Waals surface area (Å²) in [6.45, 7) is -0.251. The number of nitrogens with one attached hydrogen (secondary N) is 1. The van der Waals surface area contributed by atoms with Gasteiger partial charge in [0.15, 0.2) is 0 Å². The van der Waals surface area contributed by atoms with Crippen molar-refractivity contribution in [3.05, 3.63) is 62.3 Å². The molecule has 0 bridgehead atoms. The van der Waals surface area contributed by atoms with E-state index >= 15 is 0 Å². The second-order valence-corrected chi connectivity index (χ2v) is 5.87. The van der Waals surface area contributed by atoms with Gasteiger partial charge in [0.1, 0.15) is 5.82 Å². The van der Waals surface area contributed by atoms with Gasteiger partial charge in [-0.1, -0.05) is 29.3 Å². The zero-order valence-electron chi connectivity index (χ0n) is 10.2. The van der Waals surface area contributed by atoms with Gasteiger partial charge in [-0.15, -0.1) is 0 Å². The Morgan fingerprint density at radius 3 is 2.55 bits per heavy atom. The van der Waals surface area contributed by atoms with Gasteiger partial charge in [-0.2, -0.15) is 0 Å². The molecule has 0 fully saturated rings. The van der Waals surface area contributed by atoms with Crippen molar-refractivity contribution in [1.29, 1.82) is 0 Å². The van der Waals surface area contributed by atoms with E-state index in [1.165, 1.54) is 6.07 Å². The van der Waals surface area contributed by atoms with E-state index in [9.17, 15) is 9.50 Å². The van der Waals surface area contributed by atoms with Gasteiger partial charge < -0.3 is 10.4 Å². The quantitative estimate of drug-likeness (QED) is 0.780. The number of aliphatic hydroxyl groups excluding tert-OH is 1. The third-order valence-electron chi connectivity index (χ3n) is 2.78. The number of anilines is 1. The number of aliphatic hydroxyl groups is 1. The van der Waals surface area contributed by atoms with Gasteiger partial charge in [0.2, 0.25) is 0 Å². The molecule has 0 heterocycles. The molecule has 2 nitrogen and oxygen atoms in total. The van der Waals surface area contributed by atoms with Gasteiger partial charge in [0, 0.05) is 20.7 Å². The summed E-state index contributed by atoms with van der Waals surface area (Å²) in [7, 11) is 0. The summed E-state index contributed by atoms with van der Waals surface area (Å²) in [5.74, 6) is -0.461. The largest absolute Gasteiger partial charge is 0.394 e. The average Bonchev–Trinajstić information content (AvgIpc) is 2.41. The molecule has 0 aliphatic carbocycles. The third-order valence-corrected chi connectivity index (χ3v) is 4.23. The van der Waals surface area contributed by atoms with Gasteiger partial charge >= 0.3 is 0 Å². The first kappa shape index (κ1) is 15.6. The van der Waals surface area contributed by atoms with Crippen LogP contribution in [0.15, 0.2) is 40.9 Å². The molecule has 0 spiro atoms. The zero-order chi connectivity index (χ0) is 14.7. The van der Waals surface area contributed by atoms with Gasteiger partial charge in [0.25, 0.3) is 0 Å². The average molecular weight is 379 g/mol. The molecule has 0 saturated carbocycles. The van der Waals surface area contributed by atoms with Crippen LogP contribution < -0.4 is 5.32 Å². The normalized spacial score (nSPS) is 12.2. The predicted molar refractivity (Wildman–Crippen MR) is 84.0 cm³/mol. The molecule has 20 heavy (non-hydrogen) atoms. The molecule has 2 aromatic rings. The molecule has 0 radical (unpaired) electrons. The first-order valence-corrected chi connectivity index (χ1v) is 7.33. The molecule has 2 aromatic carbocycles. The number of hydrogen-bond acceptors (Lipinski definition) is 2. The van der Waals surface area contributed by atoms with Crippen LogP contribution in [0.4, 0.5) is 10.1 Å². The van der Waals surface area contributed by atoms with E-state index in [1.54, 1.807) is 30.3 Å². The summed E-state index contributed by atoms with van der Waals surface area (Å²) < 4.78 is 14.6. The molecule has 1 atom stereocenters. The standard InChI is InChI=1S/C14H11BrCl2FNO/c15-11-6-9(2-4-12(11)17)19-14(7-20)10-3-1-8(16)5-13(10)18/h1-6,14,19-20H,7H2. The van der Waals surface area contributed by atoms with Crippen LogP contribution in [0.25, 0.3) is 0 Å². The minimum atomic E-state index is -0.569. The van der Waals surface area contributed by atoms with Gasteiger partial charge in [0.05, 0.1) is 17.7 Å². The molecule has 2 N–H and O–H groups in total. The van der Waals surface area contributed by atoms with Crippen LogP contribution in [0.3, 0.4) is 0 Å². The Bertz CT molecular complexity index is 624. The van der Waals surface area contributed by atoms with Crippen molar-refractivity contribution >= 4 is 44.8 Å². The summed E-state index contributed by atoms with van der Waals surface area (Å²) in [4.78, 5) is 0. The van der Waals surface area contributed by atoms with Crippen LogP contribution in [0.2, 0.25) is 10.0 Å². The molecule has 2 rings (SSSR count). The van der Waals surface area contributed by atoms with Crippen molar-refractivity contribution < 1.29 is 9.50 Å². The molecule has 6 heteroatoms. The summed E-state index contributed by atoms with van der Waals surface area (Å²) in [6.07, 6.45) is 0. The van der Waals surface area contributed by atoms with Crippen LogP contribution in [0.1, 0.15) is 11.6 Å². The molecule has 0 saturated heterocycles. The van der Waals surface area contributed by atoms with E-state index in [2.05, 4.69) is 21.2 Å². The van der Waals surface area contributed by atoms with E-state index in [0.717, 1.165) is 10.2 Å². The second-order valence-electron chi connectivity index (χ2n) is 4.17. The maximum absolute atomic E-state index is 13.9. The van der Waals surface area contributed by atoms with E-state index in [0.29, 0.717) is 15.6 Å². The Labute approximate surface area is 134 Å². The Balaban J connectivity index is 2.26. The number of benzene rings is 2. The maximum atomic E-state index is 13.9. The Kier molecular flexibility index (Phi) is 5.27. The molecule has 0 amide bonds. The minimum absolute atomic E-state index is 0.251. The van der Waals surface area contributed by atoms with Crippen LogP contribution in [0.5, 0.6) is 0 Å². The van der Waals surface area contributed by atoms with E-state index < -0.39 is 11.9 Å². The lowest BCUT2D eigenvalue weighted by Gasteiger charge is -2.19. The number of hydrogen-bond donors (Lipinski definition) is 2. The van der Waals surface area contributed by atoms with Crippen LogP contribution in [-0.2, 0) is 0 Å². The van der Waals surface area contributed by atoms with E-state index in [4.69, 9.17) is 23.2 Å². The van der Waals surface area contributed by atoms with Crippen molar-refractivity contribution in [3.8, 4) is 0 Å². The first-order chi connectivity index (χ1) is 9.51. The third kappa shape index (κ3) is 3.64. The minimum Gasteiger partial charge on any atom is -0.394 e. The van der Waals surface area contributed by atoms with Gasteiger partial charge in [-0.3, -0.25) is 0 Å². The molecule has 106 valence electrons. The number of rotatable bonds is 4. The Hall–Kier alpha value is -0.810. The van der Waals surface area contributed by atoms with Crippen molar-refractivity contribution in [3.63, 3.8) is 0 Å². The highest BCUT2D eigenvalue weighted by molar-refractivity contribution is 9.10. The molecular formula is C14H11BrCl2FNO. The second kappa shape index (κ2) is 6.76. The smallest absolute Gasteiger partial charge is 0.130 e. The van der Waals surface area contributed by atoms with Crippen LogP contribution in [-0.4, -0.2) is 11.7 Å². The van der Waals surface area contributed by atoms with Crippen molar-refractivity contribution in [1.82, 2.24) is 0 Å². The lowest BCUT2D eigenvalue weighted by atomic mass is 10.1. The highest BCUT2D eigenvalue weighted by atomic mass is 79.9. The fourth-order valence-electron chi connectivity index (χ4n) is 1.79. The molecule has 0 aliphatic heterocycles. The van der Waals surface area contributed by atoms with Gasteiger partial charge in [-0.25, -0.2) is 4.39 Å². The Morgan fingerprint density at radius 1 is 1.20 bits per heavy atom. The maximum Gasteiger partial charge on any atom is 0.130 e. The Morgan fingerprint density at radius 2 is 1.95 bits per heavy atom. The number of halogens is 4. The summed E-state index contributed by atoms with van der Waals surface area (Å²) in [5, 5.41) is 13.4. The fraction of sp³-hybridized carbons (Fsp3) is 0.143. The van der Waals surface area contributed by atoms with Crippen LogP contribution >= 0.6 is 39.1 Å². The zero-order valence-corrected chi connectivity index (χ0v) is 13.3.